The summed E-state index contributed by atoms with van der Waals surface area (Å²) in [6.07, 6.45) is 11.2. The maximum absolute atomic E-state index is 5.71. The molecule has 1 nitrogen and oxygen atoms in total. The van der Waals surface area contributed by atoms with Gasteiger partial charge in [0.05, 0.1) is 6.10 Å². The van der Waals surface area contributed by atoms with Crippen LogP contribution in [0.1, 0.15) is 76.9 Å². The molecule has 1 rings (SSSR count). The lowest BCUT2D eigenvalue weighted by atomic mass is 9.92. The molecule has 2 atom stereocenters. The second kappa shape index (κ2) is 10.9. The summed E-state index contributed by atoms with van der Waals surface area (Å²) in [5.74, 6) is 0.595. The molecule has 0 bridgehead atoms. The standard InChI is InChI=1S/C19H32O/c1-4-5-6-7-8-9-11-14-17(2)19(20-3)18-15-12-10-13-16-18/h10,12-13,15-17,19H,4-9,11,14H2,1-3H3. The van der Waals surface area contributed by atoms with Gasteiger partial charge in [0, 0.05) is 7.11 Å². The molecule has 1 heteroatoms. The quantitative estimate of drug-likeness (QED) is 0.440. The van der Waals surface area contributed by atoms with Crippen LogP contribution in [-0.4, -0.2) is 7.11 Å². The third-order valence-corrected chi connectivity index (χ3v) is 4.16. The molecular formula is C19H32O. The van der Waals surface area contributed by atoms with Gasteiger partial charge in [-0.05, 0) is 17.9 Å². The zero-order chi connectivity index (χ0) is 14.6. The third kappa shape index (κ3) is 6.56. The number of unbranched alkanes of at least 4 members (excludes halogenated alkanes) is 6. The van der Waals surface area contributed by atoms with Gasteiger partial charge in [0.25, 0.3) is 0 Å². The number of rotatable bonds is 11. The van der Waals surface area contributed by atoms with Gasteiger partial charge in [-0.2, -0.15) is 0 Å². The molecule has 0 aliphatic carbocycles. The highest BCUT2D eigenvalue weighted by Crippen LogP contribution is 2.29. The zero-order valence-corrected chi connectivity index (χ0v) is 13.6. The maximum Gasteiger partial charge on any atom is 0.0846 e. The van der Waals surface area contributed by atoms with Gasteiger partial charge in [-0.25, -0.2) is 0 Å². The Morgan fingerprint density at radius 3 is 2.10 bits per heavy atom. The maximum atomic E-state index is 5.71. The summed E-state index contributed by atoms with van der Waals surface area (Å²) >= 11 is 0. The van der Waals surface area contributed by atoms with Gasteiger partial charge in [0.15, 0.2) is 0 Å². The Kier molecular flexibility index (Phi) is 9.40. The van der Waals surface area contributed by atoms with Crippen LogP contribution in [-0.2, 0) is 4.74 Å². The van der Waals surface area contributed by atoms with Crippen LogP contribution in [0.25, 0.3) is 0 Å². The predicted molar refractivity (Wildman–Crippen MR) is 88.0 cm³/mol. The van der Waals surface area contributed by atoms with E-state index >= 15 is 0 Å². The van der Waals surface area contributed by atoms with E-state index in [1.165, 1.54) is 56.9 Å². The predicted octanol–water partition coefficient (Wildman–Crippen LogP) is 6.15. The second-order valence-corrected chi connectivity index (χ2v) is 5.95. The van der Waals surface area contributed by atoms with E-state index in [2.05, 4.69) is 44.2 Å². The number of hydrogen-bond donors (Lipinski definition) is 0. The number of ether oxygens (including phenoxy) is 1. The first-order valence-electron chi connectivity index (χ1n) is 8.37. The van der Waals surface area contributed by atoms with Gasteiger partial charge >= 0.3 is 0 Å². The van der Waals surface area contributed by atoms with Crippen LogP contribution >= 0.6 is 0 Å². The van der Waals surface area contributed by atoms with E-state index in [1.807, 2.05) is 7.11 Å². The van der Waals surface area contributed by atoms with Crippen LogP contribution in [0.4, 0.5) is 0 Å². The fourth-order valence-corrected chi connectivity index (χ4v) is 2.91. The van der Waals surface area contributed by atoms with Crippen LogP contribution in [0, 0.1) is 5.92 Å². The van der Waals surface area contributed by atoms with E-state index in [0.717, 1.165) is 0 Å². The lowest BCUT2D eigenvalue weighted by Crippen LogP contribution is -2.12. The lowest BCUT2D eigenvalue weighted by molar-refractivity contribution is 0.0536. The van der Waals surface area contributed by atoms with E-state index in [-0.39, 0.29) is 6.10 Å². The summed E-state index contributed by atoms with van der Waals surface area (Å²) in [5, 5.41) is 0. The summed E-state index contributed by atoms with van der Waals surface area (Å²) in [6, 6.07) is 10.6. The average molecular weight is 276 g/mol. The highest BCUT2D eigenvalue weighted by atomic mass is 16.5. The number of hydrogen-bond acceptors (Lipinski definition) is 1. The smallest absolute Gasteiger partial charge is 0.0846 e. The van der Waals surface area contributed by atoms with Crippen molar-refractivity contribution in [3.05, 3.63) is 35.9 Å². The Balaban J connectivity index is 2.22. The lowest BCUT2D eigenvalue weighted by Gasteiger charge is -2.23. The van der Waals surface area contributed by atoms with E-state index in [1.54, 1.807) is 0 Å². The first-order valence-corrected chi connectivity index (χ1v) is 8.37. The van der Waals surface area contributed by atoms with Crippen LogP contribution in [0.15, 0.2) is 30.3 Å². The number of benzene rings is 1. The molecular weight excluding hydrogens is 244 g/mol. The van der Waals surface area contributed by atoms with E-state index in [0.29, 0.717) is 5.92 Å². The van der Waals surface area contributed by atoms with Gasteiger partial charge in [0.2, 0.25) is 0 Å². The summed E-state index contributed by atoms with van der Waals surface area (Å²) in [4.78, 5) is 0. The fourth-order valence-electron chi connectivity index (χ4n) is 2.91. The summed E-state index contributed by atoms with van der Waals surface area (Å²) in [6.45, 7) is 4.59. The van der Waals surface area contributed by atoms with Gasteiger partial charge in [-0.15, -0.1) is 0 Å². The average Bonchev–Trinajstić information content (AvgIpc) is 2.48. The van der Waals surface area contributed by atoms with Crippen molar-refractivity contribution < 1.29 is 4.74 Å². The van der Waals surface area contributed by atoms with Crippen molar-refractivity contribution in [1.29, 1.82) is 0 Å². The number of methoxy groups -OCH3 is 1. The van der Waals surface area contributed by atoms with E-state index < -0.39 is 0 Å². The van der Waals surface area contributed by atoms with Crippen LogP contribution in [0.5, 0.6) is 0 Å². The first-order chi connectivity index (χ1) is 9.79. The Hall–Kier alpha value is -0.820. The van der Waals surface area contributed by atoms with Crippen molar-refractivity contribution in [3.8, 4) is 0 Å². The van der Waals surface area contributed by atoms with Crippen molar-refractivity contribution in [2.24, 2.45) is 5.92 Å². The molecule has 0 aliphatic heterocycles. The largest absolute Gasteiger partial charge is 0.376 e. The Morgan fingerprint density at radius 1 is 0.900 bits per heavy atom. The van der Waals surface area contributed by atoms with Crippen molar-refractivity contribution in [2.45, 2.75) is 71.3 Å². The summed E-state index contributed by atoms with van der Waals surface area (Å²) in [7, 11) is 1.83. The van der Waals surface area contributed by atoms with Gasteiger partial charge < -0.3 is 4.74 Å². The minimum absolute atomic E-state index is 0.247. The molecule has 0 saturated heterocycles. The topological polar surface area (TPSA) is 9.23 Å². The Labute approximate surface area is 125 Å². The van der Waals surface area contributed by atoms with Crippen LogP contribution < -0.4 is 0 Å². The molecule has 0 radical (unpaired) electrons. The first kappa shape index (κ1) is 17.2. The SMILES string of the molecule is CCCCCCCCCC(C)C(OC)c1ccccc1. The molecule has 0 fully saturated rings. The van der Waals surface area contributed by atoms with Gasteiger partial charge in [0.1, 0.15) is 0 Å². The van der Waals surface area contributed by atoms with Gasteiger partial charge in [-0.1, -0.05) is 89.1 Å². The third-order valence-electron chi connectivity index (χ3n) is 4.16. The molecule has 20 heavy (non-hydrogen) atoms. The molecule has 0 saturated carbocycles. The molecule has 0 spiro atoms. The highest BCUT2D eigenvalue weighted by Gasteiger charge is 2.17. The molecule has 0 N–H and O–H groups in total. The zero-order valence-electron chi connectivity index (χ0n) is 13.6. The van der Waals surface area contributed by atoms with Crippen molar-refractivity contribution in [1.82, 2.24) is 0 Å². The van der Waals surface area contributed by atoms with Gasteiger partial charge in [-0.3, -0.25) is 0 Å². The molecule has 0 amide bonds. The summed E-state index contributed by atoms with van der Waals surface area (Å²) < 4.78 is 5.71. The molecule has 1 aromatic rings. The van der Waals surface area contributed by atoms with Crippen molar-refractivity contribution >= 4 is 0 Å². The van der Waals surface area contributed by atoms with E-state index in [9.17, 15) is 0 Å². The minimum atomic E-state index is 0.247. The molecule has 114 valence electrons. The molecule has 0 aromatic heterocycles. The Bertz CT molecular complexity index is 320. The fraction of sp³-hybridized carbons (Fsp3) is 0.684. The van der Waals surface area contributed by atoms with Crippen LogP contribution in [0.2, 0.25) is 0 Å². The highest BCUT2D eigenvalue weighted by molar-refractivity contribution is 5.18. The molecule has 0 heterocycles. The summed E-state index contributed by atoms with van der Waals surface area (Å²) in [5.41, 5.74) is 1.31. The normalized spacial score (nSPS) is 14.2. The van der Waals surface area contributed by atoms with E-state index in [4.69, 9.17) is 4.74 Å². The monoisotopic (exact) mass is 276 g/mol. The van der Waals surface area contributed by atoms with Crippen molar-refractivity contribution in [2.75, 3.05) is 7.11 Å². The Morgan fingerprint density at radius 2 is 1.50 bits per heavy atom. The van der Waals surface area contributed by atoms with Crippen molar-refractivity contribution in [3.63, 3.8) is 0 Å². The molecule has 0 aliphatic rings. The molecule has 1 aromatic carbocycles. The second-order valence-electron chi connectivity index (χ2n) is 5.95. The molecule has 2 unspecified atom stereocenters. The van der Waals surface area contributed by atoms with Crippen LogP contribution in [0.3, 0.4) is 0 Å². The minimum Gasteiger partial charge on any atom is -0.376 e.